The monoisotopic (exact) mass is 384 g/mol. The number of nitrogens with zero attached hydrogens (tertiary/aromatic N) is 6. The molecule has 0 bridgehead atoms. The Hall–Kier alpha value is -3.47. The molecule has 2 aromatic heterocycles. The quantitative estimate of drug-likeness (QED) is 0.642. The molecule has 11 heteroatoms. The van der Waals surface area contributed by atoms with Crippen LogP contribution in [0.3, 0.4) is 0 Å². The molecule has 0 unspecified atom stereocenters. The molecule has 0 spiro atoms. The summed E-state index contributed by atoms with van der Waals surface area (Å²) in [6.07, 6.45) is 2.89. The number of sulfonamides is 1. The summed E-state index contributed by atoms with van der Waals surface area (Å²) >= 11 is 0. The first-order valence-electron chi connectivity index (χ1n) is 7.77. The first-order valence-corrected chi connectivity index (χ1v) is 9.26. The van der Waals surface area contributed by atoms with Crippen LogP contribution in [-0.4, -0.2) is 28.4 Å². The van der Waals surface area contributed by atoms with Crippen molar-refractivity contribution in [2.24, 2.45) is 10.2 Å². The van der Waals surface area contributed by atoms with Gasteiger partial charge in [0.15, 0.2) is 0 Å². The Bertz CT molecular complexity index is 1060. The van der Waals surface area contributed by atoms with Gasteiger partial charge in [0.25, 0.3) is 10.0 Å². The maximum Gasteiger partial charge on any atom is 0.264 e. The number of hydrogen-bond acceptors (Lipinski definition) is 9. The van der Waals surface area contributed by atoms with Gasteiger partial charge in [-0.1, -0.05) is 0 Å². The van der Waals surface area contributed by atoms with Crippen LogP contribution in [0.5, 0.6) is 0 Å². The number of nitrogen functional groups attached to an aromatic ring is 1. The zero-order chi connectivity index (χ0) is 19.4. The second-order valence-electron chi connectivity index (χ2n) is 5.47. The van der Waals surface area contributed by atoms with E-state index in [-0.39, 0.29) is 16.8 Å². The van der Waals surface area contributed by atoms with Gasteiger partial charge in [0.05, 0.1) is 22.0 Å². The molecule has 27 heavy (non-hydrogen) atoms. The average molecular weight is 384 g/mol. The van der Waals surface area contributed by atoms with E-state index in [9.17, 15) is 8.42 Å². The molecule has 0 aliphatic carbocycles. The Morgan fingerprint density at radius 2 is 1.56 bits per heavy atom. The van der Waals surface area contributed by atoms with Gasteiger partial charge in [0.2, 0.25) is 11.9 Å². The molecular weight excluding hydrogens is 368 g/mol. The lowest BCUT2D eigenvalue weighted by atomic mass is 10.3. The molecule has 2 heterocycles. The van der Waals surface area contributed by atoms with Crippen molar-refractivity contribution in [3.63, 3.8) is 0 Å². The third-order valence-electron chi connectivity index (χ3n) is 3.45. The van der Waals surface area contributed by atoms with Crippen molar-refractivity contribution in [2.75, 3.05) is 10.5 Å². The summed E-state index contributed by atoms with van der Waals surface area (Å²) in [6, 6.07) is 7.49. The Morgan fingerprint density at radius 1 is 0.963 bits per heavy atom. The van der Waals surface area contributed by atoms with Crippen molar-refractivity contribution in [3.05, 3.63) is 54.1 Å². The lowest BCUT2D eigenvalue weighted by molar-refractivity contribution is 0.601. The van der Waals surface area contributed by atoms with Crippen LogP contribution in [0.15, 0.2) is 57.8 Å². The highest BCUT2D eigenvalue weighted by Crippen LogP contribution is 2.25. The standard InChI is InChI=1S/C16H16N8O2S/c1-10-14(11(2)21-15(17)20-10)23-22-12-4-6-13(7-5-12)27(25,26)24-16-18-8-3-9-19-16/h3-9H,1-2H3,(H2,17,20,21)(H,18,19,24). The minimum atomic E-state index is -3.80. The van der Waals surface area contributed by atoms with E-state index in [0.29, 0.717) is 22.8 Å². The Balaban J connectivity index is 1.79. The van der Waals surface area contributed by atoms with Crippen LogP contribution in [0.2, 0.25) is 0 Å². The Morgan fingerprint density at radius 3 is 2.15 bits per heavy atom. The van der Waals surface area contributed by atoms with Gasteiger partial charge in [-0.05, 0) is 44.2 Å². The van der Waals surface area contributed by atoms with Crippen LogP contribution in [0.1, 0.15) is 11.4 Å². The predicted molar refractivity (Wildman–Crippen MR) is 99.4 cm³/mol. The van der Waals surface area contributed by atoms with Crippen LogP contribution in [-0.2, 0) is 10.0 Å². The molecule has 1 aromatic carbocycles. The fraction of sp³-hybridized carbons (Fsp3) is 0.125. The summed E-state index contributed by atoms with van der Waals surface area (Å²) in [5.74, 6) is 0.170. The van der Waals surface area contributed by atoms with Gasteiger partial charge in [-0.2, -0.15) is 5.11 Å². The second-order valence-corrected chi connectivity index (χ2v) is 7.16. The highest BCUT2D eigenvalue weighted by atomic mass is 32.2. The van der Waals surface area contributed by atoms with Crippen molar-refractivity contribution < 1.29 is 8.42 Å². The molecule has 3 rings (SSSR count). The van der Waals surface area contributed by atoms with E-state index in [2.05, 4.69) is 34.9 Å². The third-order valence-corrected chi connectivity index (χ3v) is 4.80. The molecule has 0 atom stereocenters. The van der Waals surface area contributed by atoms with E-state index in [4.69, 9.17) is 5.73 Å². The van der Waals surface area contributed by atoms with Crippen molar-refractivity contribution in [1.82, 2.24) is 19.9 Å². The van der Waals surface area contributed by atoms with Crippen LogP contribution >= 0.6 is 0 Å². The van der Waals surface area contributed by atoms with Gasteiger partial charge >= 0.3 is 0 Å². The lowest BCUT2D eigenvalue weighted by Crippen LogP contribution is -2.14. The summed E-state index contributed by atoms with van der Waals surface area (Å²) in [7, 11) is -3.80. The minimum Gasteiger partial charge on any atom is -0.368 e. The number of nitrogens with one attached hydrogen (secondary N) is 1. The second kappa shape index (κ2) is 7.41. The topological polar surface area (TPSA) is 148 Å². The highest BCUT2D eigenvalue weighted by molar-refractivity contribution is 7.92. The molecule has 0 radical (unpaired) electrons. The van der Waals surface area contributed by atoms with E-state index in [1.807, 2.05) is 0 Å². The normalized spacial score (nSPS) is 11.6. The summed E-state index contributed by atoms with van der Waals surface area (Å²) in [5, 5.41) is 8.23. The molecule has 0 aliphatic heterocycles. The largest absolute Gasteiger partial charge is 0.368 e. The number of aromatic nitrogens is 4. The predicted octanol–water partition coefficient (Wildman–Crippen LogP) is 2.68. The van der Waals surface area contributed by atoms with Crippen LogP contribution in [0.25, 0.3) is 0 Å². The number of aryl methyl sites for hydroxylation is 2. The van der Waals surface area contributed by atoms with E-state index < -0.39 is 10.0 Å². The first-order chi connectivity index (χ1) is 12.8. The fourth-order valence-electron chi connectivity index (χ4n) is 2.21. The number of benzene rings is 1. The molecule has 0 saturated heterocycles. The third kappa shape index (κ3) is 4.39. The Labute approximate surface area is 155 Å². The van der Waals surface area contributed by atoms with Crippen LogP contribution < -0.4 is 10.5 Å². The fourth-order valence-corrected chi connectivity index (χ4v) is 3.17. The summed E-state index contributed by atoms with van der Waals surface area (Å²) in [5.41, 5.74) is 7.79. The summed E-state index contributed by atoms with van der Waals surface area (Å²) in [4.78, 5) is 15.8. The maximum atomic E-state index is 12.3. The molecule has 0 aliphatic rings. The molecular formula is C16H16N8O2S. The number of hydrogen-bond donors (Lipinski definition) is 2. The molecule has 0 fully saturated rings. The average Bonchev–Trinajstić information content (AvgIpc) is 2.61. The summed E-state index contributed by atoms with van der Waals surface area (Å²) < 4.78 is 27.0. The molecule has 3 N–H and O–H groups in total. The molecule has 3 aromatic rings. The van der Waals surface area contributed by atoms with Crippen LogP contribution in [0.4, 0.5) is 23.3 Å². The van der Waals surface area contributed by atoms with Crippen molar-refractivity contribution >= 4 is 33.3 Å². The van der Waals surface area contributed by atoms with Crippen LogP contribution in [0, 0.1) is 13.8 Å². The number of rotatable bonds is 5. The van der Waals surface area contributed by atoms with E-state index in [0.717, 1.165) is 0 Å². The van der Waals surface area contributed by atoms with Gasteiger partial charge in [-0.25, -0.2) is 33.1 Å². The smallest absolute Gasteiger partial charge is 0.264 e. The van der Waals surface area contributed by atoms with Gasteiger partial charge in [-0.15, -0.1) is 5.11 Å². The zero-order valence-corrected chi connectivity index (χ0v) is 15.3. The van der Waals surface area contributed by atoms with Gasteiger partial charge in [0, 0.05) is 12.4 Å². The van der Waals surface area contributed by atoms with Gasteiger partial charge in [0.1, 0.15) is 5.69 Å². The Kier molecular flexibility index (Phi) is 5.03. The summed E-state index contributed by atoms with van der Waals surface area (Å²) in [6.45, 7) is 3.51. The van der Waals surface area contributed by atoms with Crippen molar-refractivity contribution in [3.8, 4) is 0 Å². The van der Waals surface area contributed by atoms with Crippen molar-refractivity contribution in [2.45, 2.75) is 18.7 Å². The van der Waals surface area contributed by atoms with Crippen molar-refractivity contribution in [1.29, 1.82) is 0 Å². The lowest BCUT2D eigenvalue weighted by Gasteiger charge is -2.06. The molecule has 0 amide bonds. The molecule has 138 valence electrons. The van der Waals surface area contributed by atoms with Gasteiger partial charge in [-0.3, -0.25) is 0 Å². The first kappa shape index (κ1) is 18.3. The van der Waals surface area contributed by atoms with Gasteiger partial charge < -0.3 is 5.73 Å². The highest BCUT2D eigenvalue weighted by Gasteiger charge is 2.15. The van der Waals surface area contributed by atoms with E-state index in [1.165, 1.54) is 36.7 Å². The SMILES string of the molecule is Cc1nc(N)nc(C)c1N=Nc1ccc(S(=O)(=O)Nc2ncccn2)cc1. The minimum absolute atomic E-state index is 0.00411. The molecule has 0 saturated carbocycles. The van der Waals surface area contributed by atoms with E-state index in [1.54, 1.807) is 19.9 Å². The zero-order valence-electron chi connectivity index (χ0n) is 14.5. The number of azo groups is 1. The van der Waals surface area contributed by atoms with E-state index >= 15 is 0 Å². The maximum absolute atomic E-state index is 12.3. The number of anilines is 2. The number of nitrogens with two attached hydrogens (primary N) is 1. The molecule has 10 nitrogen and oxygen atoms in total.